The molecule has 16 heavy (non-hydrogen) atoms. The SMILES string of the molecule is CCOC(=O)c1nnc2ncnn2c1CCl. The lowest BCUT2D eigenvalue weighted by molar-refractivity contribution is 0.0516. The van der Waals surface area contributed by atoms with Crippen molar-refractivity contribution in [2.45, 2.75) is 12.8 Å². The van der Waals surface area contributed by atoms with Crippen LogP contribution in [0, 0.1) is 0 Å². The normalized spacial score (nSPS) is 10.6. The first-order valence-corrected chi connectivity index (χ1v) is 5.09. The first-order valence-electron chi connectivity index (χ1n) is 4.56. The Labute approximate surface area is 95.4 Å². The van der Waals surface area contributed by atoms with Crippen molar-refractivity contribution in [2.75, 3.05) is 6.61 Å². The molecular weight excluding hydrogens is 234 g/mol. The Morgan fingerprint density at radius 1 is 1.56 bits per heavy atom. The molecule has 2 aromatic rings. The zero-order valence-electron chi connectivity index (χ0n) is 8.42. The van der Waals surface area contributed by atoms with E-state index in [1.807, 2.05) is 0 Å². The van der Waals surface area contributed by atoms with Gasteiger partial charge in [0.25, 0.3) is 5.78 Å². The van der Waals surface area contributed by atoms with Gasteiger partial charge < -0.3 is 4.74 Å². The summed E-state index contributed by atoms with van der Waals surface area (Å²) in [6.45, 7) is 1.97. The van der Waals surface area contributed by atoms with E-state index in [0.717, 1.165) is 0 Å². The van der Waals surface area contributed by atoms with Crippen LogP contribution < -0.4 is 0 Å². The van der Waals surface area contributed by atoms with Crippen LogP contribution in [-0.4, -0.2) is 37.4 Å². The molecule has 0 N–H and O–H groups in total. The van der Waals surface area contributed by atoms with Gasteiger partial charge in [-0.2, -0.15) is 14.6 Å². The van der Waals surface area contributed by atoms with Gasteiger partial charge in [0.2, 0.25) is 0 Å². The maximum absolute atomic E-state index is 11.5. The van der Waals surface area contributed by atoms with E-state index in [2.05, 4.69) is 20.3 Å². The molecule has 0 unspecified atom stereocenters. The topological polar surface area (TPSA) is 82.3 Å². The molecule has 0 saturated heterocycles. The molecule has 8 heteroatoms. The number of halogens is 1. The Morgan fingerprint density at radius 2 is 2.38 bits per heavy atom. The number of carbonyl (C=O) groups excluding carboxylic acids is 1. The van der Waals surface area contributed by atoms with Crippen molar-refractivity contribution >= 4 is 23.3 Å². The minimum Gasteiger partial charge on any atom is -0.461 e. The van der Waals surface area contributed by atoms with E-state index in [0.29, 0.717) is 11.5 Å². The molecule has 0 saturated carbocycles. The predicted octanol–water partition coefficient (Wildman–Crippen LogP) is 0.435. The van der Waals surface area contributed by atoms with Crippen molar-refractivity contribution < 1.29 is 9.53 Å². The molecule has 84 valence electrons. The summed E-state index contributed by atoms with van der Waals surface area (Å²) in [4.78, 5) is 15.4. The zero-order valence-corrected chi connectivity index (χ0v) is 9.18. The molecule has 0 bridgehead atoms. The quantitative estimate of drug-likeness (QED) is 0.573. The van der Waals surface area contributed by atoms with Crippen molar-refractivity contribution in [2.24, 2.45) is 0 Å². The first-order chi connectivity index (χ1) is 7.77. The number of aromatic nitrogens is 5. The Morgan fingerprint density at radius 3 is 3.06 bits per heavy atom. The molecule has 0 aliphatic heterocycles. The van der Waals surface area contributed by atoms with Crippen LogP contribution in [0.3, 0.4) is 0 Å². The van der Waals surface area contributed by atoms with Gasteiger partial charge in [0.15, 0.2) is 5.69 Å². The van der Waals surface area contributed by atoms with Crippen molar-refractivity contribution in [3.05, 3.63) is 17.7 Å². The lowest BCUT2D eigenvalue weighted by Gasteiger charge is -2.05. The zero-order chi connectivity index (χ0) is 11.5. The number of carbonyl (C=O) groups is 1. The maximum atomic E-state index is 11.5. The summed E-state index contributed by atoms with van der Waals surface area (Å²) in [5.74, 6) is -0.199. The monoisotopic (exact) mass is 241 g/mol. The van der Waals surface area contributed by atoms with Gasteiger partial charge in [0.05, 0.1) is 18.2 Å². The molecule has 2 heterocycles. The van der Waals surface area contributed by atoms with E-state index in [-0.39, 0.29) is 18.2 Å². The minimum absolute atomic E-state index is 0.0647. The fourth-order valence-electron chi connectivity index (χ4n) is 1.22. The Kier molecular flexibility index (Phi) is 2.95. The summed E-state index contributed by atoms with van der Waals surface area (Å²) in [6.07, 6.45) is 1.31. The third-order valence-corrected chi connectivity index (χ3v) is 2.15. The second kappa shape index (κ2) is 4.40. The number of nitrogens with zero attached hydrogens (tertiary/aromatic N) is 5. The molecule has 2 aromatic heterocycles. The summed E-state index contributed by atoms with van der Waals surface area (Å²) in [5.41, 5.74) is 0.484. The van der Waals surface area contributed by atoms with E-state index in [9.17, 15) is 4.79 Å². The Hall–Kier alpha value is -1.76. The first kappa shape index (κ1) is 10.7. The van der Waals surface area contributed by atoms with Crippen molar-refractivity contribution in [3.8, 4) is 0 Å². The van der Waals surface area contributed by atoms with E-state index in [1.54, 1.807) is 6.92 Å². The van der Waals surface area contributed by atoms with Gasteiger partial charge in [-0.1, -0.05) is 0 Å². The molecule has 0 fully saturated rings. The average Bonchev–Trinajstić information content (AvgIpc) is 2.75. The summed E-state index contributed by atoms with van der Waals surface area (Å²) >= 11 is 5.75. The van der Waals surface area contributed by atoms with Crippen molar-refractivity contribution in [1.82, 2.24) is 24.8 Å². The number of rotatable bonds is 3. The van der Waals surface area contributed by atoms with Gasteiger partial charge >= 0.3 is 5.97 Å². The van der Waals surface area contributed by atoms with Gasteiger partial charge in [0.1, 0.15) is 6.33 Å². The van der Waals surface area contributed by atoms with Gasteiger partial charge in [-0.3, -0.25) is 0 Å². The highest BCUT2D eigenvalue weighted by molar-refractivity contribution is 6.17. The highest BCUT2D eigenvalue weighted by atomic mass is 35.5. The van der Waals surface area contributed by atoms with Crippen LogP contribution in [0.4, 0.5) is 0 Å². The van der Waals surface area contributed by atoms with Gasteiger partial charge in [-0.15, -0.1) is 21.8 Å². The Balaban J connectivity index is 2.56. The number of esters is 1. The summed E-state index contributed by atoms with van der Waals surface area (Å²) in [7, 11) is 0. The van der Waals surface area contributed by atoms with E-state index < -0.39 is 5.97 Å². The fourth-order valence-corrected chi connectivity index (χ4v) is 1.46. The fraction of sp³-hybridized carbons (Fsp3) is 0.375. The number of ether oxygens (including phenoxy) is 1. The number of hydrogen-bond acceptors (Lipinski definition) is 6. The third-order valence-electron chi connectivity index (χ3n) is 1.89. The average molecular weight is 242 g/mol. The van der Waals surface area contributed by atoms with Crippen LogP contribution in [0.25, 0.3) is 5.78 Å². The standard InChI is InChI=1S/C8H8ClN5O2/c1-2-16-7(15)6-5(3-9)14-8(13-12-6)10-4-11-14/h4H,2-3H2,1H3. The molecule has 0 spiro atoms. The van der Waals surface area contributed by atoms with Gasteiger partial charge in [0, 0.05) is 0 Å². The molecule has 0 aromatic carbocycles. The second-order valence-electron chi connectivity index (χ2n) is 2.82. The van der Waals surface area contributed by atoms with Crippen LogP contribution in [0.1, 0.15) is 23.1 Å². The second-order valence-corrected chi connectivity index (χ2v) is 3.09. The van der Waals surface area contributed by atoms with Crippen LogP contribution in [-0.2, 0) is 10.6 Å². The summed E-state index contributed by atoms with van der Waals surface area (Å²) in [5, 5.41) is 11.4. The molecule has 0 amide bonds. The van der Waals surface area contributed by atoms with E-state index in [1.165, 1.54) is 10.8 Å². The molecule has 7 nitrogen and oxygen atoms in total. The van der Waals surface area contributed by atoms with Crippen molar-refractivity contribution in [1.29, 1.82) is 0 Å². The lowest BCUT2D eigenvalue weighted by Crippen LogP contribution is -2.15. The highest BCUT2D eigenvalue weighted by Crippen LogP contribution is 2.10. The molecular formula is C8H8ClN5O2. The van der Waals surface area contributed by atoms with Gasteiger partial charge in [-0.25, -0.2) is 4.79 Å². The number of hydrogen-bond donors (Lipinski definition) is 0. The van der Waals surface area contributed by atoms with Crippen LogP contribution in [0.2, 0.25) is 0 Å². The van der Waals surface area contributed by atoms with Gasteiger partial charge in [-0.05, 0) is 6.92 Å². The van der Waals surface area contributed by atoms with Crippen molar-refractivity contribution in [3.63, 3.8) is 0 Å². The largest absolute Gasteiger partial charge is 0.461 e. The van der Waals surface area contributed by atoms with E-state index >= 15 is 0 Å². The molecule has 0 aliphatic rings. The summed E-state index contributed by atoms with van der Waals surface area (Å²) < 4.78 is 6.20. The highest BCUT2D eigenvalue weighted by Gasteiger charge is 2.18. The molecule has 0 atom stereocenters. The molecule has 0 aliphatic carbocycles. The lowest BCUT2D eigenvalue weighted by atomic mass is 10.3. The summed E-state index contributed by atoms with van der Waals surface area (Å²) in [6, 6.07) is 0. The molecule has 0 radical (unpaired) electrons. The van der Waals surface area contributed by atoms with Crippen LogP contribution >= 0.6 is 11.6 Å². The maximum Gasteiger partial charge on any atom is 0.360 e. The smallest absolute Gasteiger partial charge is 0.360 e. The van der Waals surface area contributed by atoms with E-state index in [4.69, 9.17) is 16.3 Å². The number of fused-ring (bicyclic) bond motifs is 1. The predicted molar refractivity (Wildman–Crippen MR) is 54.1 cm³/mol. The number of alkyl halides is 1. The molecule has 2 rings (SSSR count). The Bertz CT molecular complexity index is 526. The van der Waals surface area contributed by atoms with Crippen LogP contribution in [0.5, 0.6) is 0 Å². The minimum atomic E-state index is -0.567. The third kappa shape index (κ3) is 1.69. The van der Waals surface area contributed by atoms with Crippen LogP contribution in [0.15, 0.2) is 6.33 Å².